The monoisotopic (exact) mass is 606 g/mol. The van der Waals surface area contributed by atoms with Gasteiger partial charge in [-0.15, -0.1) is 0 Å². The van der Waals surface area contributed by atoms with Crippen LogP contribution in [0.5, 0.6) is 5.75 Å². The molecule has 2 aromatic carbocycles. The molecule has 7 rings (SSSR count). The molecule has 3 N–H and O–H groups in total. The maximum absolute atomic E-state index is 13.3. The average molecular weight is 607 g/mol. The maximum atomic E-state index is 13.3. The van der Waals surface area contributed by atoms with Crippen molar-refractivity contribution in [3.05, 3.63) is 67.0 Å². The van der Waals surface area contributed by atoms with Crippen molar-refractivity contribution < 1.29 is 14.3 Å². The Hall–Kier alpha value is -4.90. The number of anilines is 4. The van der Waals surface area contributed by atoms with Gasteiger partial charge in [0.25, 0.3) is 5.91 Å². The van der Waals surface area contributed by atoms with Crippen LogP contribution in [0.3, 0.4) is 0 Å². The molecule has 2 amide bonds. The summed E-state index contributed by atoms with van der Waals surface area (Å²) in [6.45, 7) is 7.59. The molecule has 2 aromatic heterocycles. The standard InChI is InChI=1S/C34H38N8O3/c1-5-31(43)37-26-12-27(30(45-4)13-29(26)42-17-20-15-40(2)16-21(20)18-42)38-34-35-14-24(33(44)36-22-10-11-22)32(39-34)25-19-41(3)28-9-7-6-8-23(25)28/h5-9,12-14,19-22H,1,10-11,15-18H2,2-4H3,(H,36,44)(H,37,43)(H,35,38,39)/t20-,21+. The first-order chi connectivity index (χ1) is 21.8. The van der Waals surface area contributed by atoms with Crippen molar-refractivity contribution in [1.29, 1.82) is 0 Å². The Morgan fingerprint density at radius 1 is 1.04 bits per heavy atom. The minimum atomic E-state index is -0.299. The highest BCUT2D eigenvalue weighted by atomic mass is 16.5. The van der Waals surface area contributed by atoms with Crippen LogP contribution in [0, 0.1) is 11.8 Å². The highest BCUT2D eigenvalue weighted by Crippen LogP contribution is 2.42. The van der Waals surface area contributed by atoms with Gasteiger partial charge in [-0.25, -0.2) is 9.97 Å². The fraction of sp³-hybridized carbons (Fsp3) is 0.353. The number of nitrogens with one attached hydrogen (secondary N) is 3. The number of rotatable bonds is 9. The normalized spacial score (nSPS) is 19.4. The second kappa shape index (κ2) is 11.6. The summed E-state index contributed by atoms with van der Waals surface area (Å²) in [5, 5.41) is 10.4. The van der Waals surface area contributed by atoms with Gasteiger partial charge in [-0.1, -0.05) is 24.8 Å². The molecule has 232 valence electrons. The lowest BCUT2D eigenvalue weighted by molar-refractivity contribution is -0.111. The summed E-state index contributed by atoms with van der Waals surface area (Å²) < 4.78 is 7.88. The number of amides is 2. The van der Waals surface area contributed by atoms with Gasteiger partial charge >= 0.3 is 0 Å². The number of methoxy groups -OCH3 is 1. The number of nitrogens with zero attached hydrogens (tertiary/aromatic N) is 5. The quantitative estimate of drug-likeness (QED) is 0.240. The molecule has 2 aliphatic heterocycles. The van der Waals surface area contributed by atoms with E-state index in [0.717, 1.165) is 61.2 Å². The molecule has 3 aliphatic rings. The van der Waals surface area contributed by atoms with Crippen molar-refractivity contribution in [3.63, 3.8) is 0 Å². The smallest absolute Gasteiger partial charge is 0.255 e. The van der Waals surface area contributed by atoms with E-state index in [-0.39, 0.29) is 17.9 Å². The molecular formula is C34H38N8O3. The number of hydrogen-bond donors (Lipinski definition) is 3. The van der Waals surface area contributed by atoms with Gasteiger partial charge in [-0.05, 0) is 49.9 Å². The minimum absolute atomic E-state index is 0.190. The van der Waals surface area contributed by atoms with E-state index in [0.29, 0.717) is 46.2 Å². The van der Waals surface area contributed by atoms with Gasteiger partial charge in [-0.3, -0.25) is 9.59 Å². The fourth-order valence-corrected chi connectivity index (χ4v) is 6.76. The third-order valence-electron chi connectivity index (χ3n) is 9.12. The lowest BCUT2D eigenvalue weighted by Gasteiger charge is -2.26. The molecule has 3 fully saturated rings. The van der Waals surface area contributed by atoms with E-state index in [2.05, 4.69) is 44.4 Å². The van der Waals surface area contributed by atoms with Gasteiger partial charge in [0.05, 0.1) is 35.4 Å². The first-order valence-corrected chi connectivity index (χ1v) is 15.4. The highest BCUT2D eigenvalue weighted by Gasteiger charge is 2.39. The number of para-hydroxylation sites is 1. The van der Waals surface area contributed by atoms with Crippen LogP contribution in [0.15, 0.2) is 61.4 Å². The predicted octanol–water partition coefficient (Wildman–Crippen LogP) is 4.40. The molecule has 2 saturated heterocycles. The number of fused-ring (bicyclic) bond motifs is 2. The molecule has 2 atom stereocenters. The highest BCUT2D eigenvalue weighted by molar-refractivity contribution is 6.05. The SMILES string of the molecule is C=CC(=O)Nc1cc(Nc2ncc(C(=O)NC3CC3)c(-c3cn(C)c4ccccc34)n2)c(OC)cc1N1C[C@H]2CN(C)C[C@H]2C1. The molecule has 11 heteroatoms. The third-order valence-corrected chi connectivity index (χ3v) is 9.12. The largest absolute Gasteiger partial charge is 0.494 e. The Morgan fingerprint density at radius 3 is 2.51 bits per heavy atom. The van der Waals surface area contributed by atoms with Gasteiger partial charge in [0.2, 0.25) is 11.9 Å². The summed E-state index contributed by atoms with van der Waals surface area (Å²) in [4.78, 5) is 40.1. The summed E-state index contributed by atoms with van der Waals surface area (Å²) in [6.07, 6.45) is 6.79. The fourth-order valence-electron chi connectivity index (χ4n) is 6.76. The summed E-state index contributed by atoms with van der Waals surface area (Å²) in [5.74, 6) is 1.56. The number of ether oxygens (including phenoxy) is 1. The van der Waals surface area contributed by atoms with Crippen molar-refractivity contribution >= 4 is 45.7 Å². The molecule has 0 spiro atoms. The second-order valence-corrected chi connectivity index (χ2v) is 12.4. The van der Waals surface area contributed by atoms with E-state index in [1.807, 2.05) is 54.2 Å². The number of likely N-dealkylation sites (tertiary alicyclic amines) is 1. The van der Waals surface area contributed by atoms with Crippen LogP contribution in [0.4, 0.5) is 23.0 Å². The number of benzene rings is 2. The molecule has 1 aliphatic carbocycles. The summed E-state index contributed by atoms with van der Waals surface area (Å²) >= 11 is 0. The molecule has 11 nitrogen and oxygen atoms in total. The van der Waals surface area contributed by atoms with Crippen molar-refractivity contribution in [1.82, 2.24) is 24.8 Å². The number of carbonyl (C=O) groups excluding carboxylic acids is 2. The van der Waals surface area contributed by atoms with Crippen LogP contribution < -0.4 is 25.6 Å². The zero-order valence-corrected chi connectivity index (χ0v) is 25.8. The Morgan fingerprint density at radius 2 is 1.80 bits per heavy atom. The lowest BCUT2D eigenvalue weighted by Crippen LogP contribution is -2.27. The molecule has 0 bridgehead atoms. The van der Waals surface area contributed by atoms with E-state index in [9.17, 15) is 9.59 Å². The van der Waals surface area contributed by atoms with Gasteiger partial charge in [0.1, 0.15) is 5.75 Å². The van der Waals surface area contributed by atoms with E-state index in [1.54, 1.807) is 13.3 Å². The molecule has 45 heavy (non-hydrogen) atoms. The Labute approximate surface area is 262 Å². The molecule has 1 saturated carbocycles. The van der Waals surface area contributed by atoms with Crippen LogP contribution in [0.1, 0.15) is 23.2 Å². The summed E-state index contributed by atoms with van der Waals surface area (Å²) in [7, 11) is 5.77. The van der Waals surface area contributed by atoms with E-state index in [1.165, 1.54) is 6.08 Å². The van der Waals surface area contributed by atoms with Gasteiger partial charge in [0.15, 0.2) is 0 Å². The number of hydrogen-bond acceptors (Lipinski definition) is 8. The zero-order valence-electron chi connectivity index (χ0n) is 25.8. The van der Waals surface area contributed by atoms with E-state index < -0.39 is 0 Å². The minimum Gasteiger partial charge on any atom is -0.494 e. The Kier molecular flexibility index (Phi) is 7.40. The van der Waals surface area contributed by atoms with E-state index in [4.69, 9.17) is 9.72 Å². The summed E-state index contributed by atoms with van der Waals surface area (Å²) in [6, 6.07) is 12.0. The van der Waals surface area contributed by atoms with Crippen molar-refractivity contribution in [2.24, 2.45) is 18.9 Å². The number of aryl methyl sites for hydroxylation is 1. The Bertz CT molecular complexity index is 1800. The van der Waals surface area contributed by atoms with Gasteiger partial charge in [0, 0.05) is 74.2 Å². The molecule has 4 heterocycles. The first kappa shape index (κ1) is 28.8. The van der Waals surface area contributed by atoms with E-state index >= 15 is 0 Å². The van der Waals surface area contributed by atoms with Gasteiger partial charge in [-0.2, -0.15) is 0 Å². The predicted molar refractivity (Wildman–Crippen MR) is 176 cm³/mol. The van der Waals surface area contributed by atoms with Crippen LogP contribution >= 0.6 is 0 Å². The van der Waals surface area contributed by atoms with Crippen LogP contribution in [-0.2, 0) is 11.8 Å². The number of carbonyl (C=O) groups is 2. The average Bonchev–Trinajstić information content (AvgIpc) is 3.53. The Balaban J connectivity index is 1.27. The second-order valence-electron chi connectivity index (χ2n) is 12.4. The first-order valence-electron chi connectivity index (χ1n) is 15.4. The van der Waals surface area contributed by atoms with Crippen molar-refractivity contribution in [3.8, 4) is 17.0 Å². The molecular weight excluding hydrogens is 568 g/mol. The third kappa shape index (κ3) is 5.59. The summed E-state index contributed by atoms with van der Waals surface area (Å²) in [5.41, 5.74) is 4.94. The zero-order chi connectivity index (χ0) is 31.2. The van der Waals surface area contributed by atoms with Crippen LogP contribution in [-0.4, -0.2) is 77.6 Å². The van der Waals surface area contributed by atoms with Crippen LogP contribution in [0.25, 0.3) is 22.2 Å². The lowest BCUT2D eigenvalue weighted by atomic mass is 10.0. The molecule has 4 aromatic rings. The molecule has 0 radical (unpaired) electrons. The topological polar surface area (TPSA) is 117 Å². The molecule has 0 unspecified atom stereocenters. The van der Waals surface area contributed by atoms with Crippen molar-refractivity contribution in [2.45, 2.75) is 18.9 Å². The van der Waals surface area contributed by atoms with Crippen molar-refractivity contribution in [2.75, 3.05) is 55.9 Å². The van der Waals surface area contributed by atoms with Crippen LogP contribution in [0.2, 0.25) is 0 Å². The maximum Gasteiger partial charge on any atom is 0.255 e. The number of aromatic nitrogens is 3. The van der Waals surface area contributed by atoms with Gasteiger partial charge < -0.3 is 35.1 Å².